The molecule has 5 nitrogen and oxygen atoms in total. The average Bonchev–Trinajstić information content (AvgIpc) is 3.23. The summed E-state index contributed by atoms with van der Waals surface area (Å²) in [5, 5.41) is 9.89. The zero-order chi connectivity index (χ0) is 17.8. The highest BCUT2D eigenvalue weighted by Gasteiger charge is 2.15. The van der Waals surface area contributed by atoms with Crippen LogP contribution in [0.25, 0.3) is 11.8 Å². The molecule has 0 aliphatic heterocycles. The molecule has 3 aromatic rings. The van der Waals surface area contributed by atoms with Crippen molar-refractivity contribution in [2.24, 2.45) is 0 Å². The van der Waals surface area contributed by atoms with Gasteiger partial charge in [0.1, 0.15) is 10.8 Å². The normalized spacial score (nSPS) is 12.4. The topological polar surface area (TPSA) is 59.8 Å². The van der Waals surface area contributed by atoms with Gasteiger partial charge in [-0.15, -0.1) is 11.3 Å². The molecule has 0 saturated carbocycles. The van der Waals surface area contributed by atoms with Gasteiger partial charge in [0.05, 0.1) is 17.9 Å². The van der Waals surface area contributed by atoms with E-state index in [9.17, 15) is 9.18 Å². The fourth-order valence-electron chi connectivity index (χ4n) is 2.49. The zero-order valence-electron chi connectivity index (χ0n) is 13.8. The highest BCUT2D eigenvalue weighted by atomic mass is 32.1. The molecule has 7 heteroatoms. The Morgan fingerprint density at radius 3 is 2.80 bits per heavy atom. The molecule has 2 aromatic heterocycles. The lowest BCUT2D eigenvalue weighted by atomic mass is 10.1. The smallest absolute Gasteiger partial charge is 0.244 e. The lowest BCUT2D eigenvalue weighted by molar-refractivity contribution is -0.117. The van der Waals surface area contributed by atoms with E-state index < -0.39 is 0 Å². The fraction of sp³-hybridized carbons (Fsp3) is 0.167. The van der Waals surface area contributed by atoms with Crippen LogP contribution in [0.2, 0.25) is 0 Å². The summed E-state index contributed by atoms with van der Waals surface area (Å²) in [6, 6.07) is 5.91. The summed E-state index contributed by atoms with van der Waals surface area (Å²) in [6.45, 7) is 3.81. The van der Waals surface area contributed by atoms with Crippen LogP contribution >= 0.6 is 11.3 Å². The second kappa shape index (κ2) is 7.40. The predicted octanol–water partition coefficient (Wildman–Crippen LogP) is 3.67. The van der Waals surface area contributed by atoms with Crippen LogP contribution in [-0.4, -0.2) is 20.7 Å². The Bertz CT molecular complexity index is 884. The molecule has 1 atom stereocenters. The van der Waals surface area contributed by atoms with Gasteiger partial charge in [0, 0.05) is 28.9 Å². The minimum atomic E-state index is -0.290. The number of thiazole rings is 1. The number of nitrogens with zero attached hydrogens (tertiary/aromatic N) is 3. The molecule has 0 radical (unpaired) electrons. The SMILES string of the molecule is Cc1c([C@@H](C)NC(=O)/C=C\c2nccs2)cnn1-c1ccc(F)cc1. The van der Waals surface area contributed by atoms with E-state index >= 15 is 0 Å². The first-order valence-electron chi connectivity index (χ1n) is 7.73. The lowest BCUT2D eigenvalue weighted by Crippen LogP contribution is -2.25. The van der Waals surface area contributed by atoms with Gasteiger partial charge < -0.3 is 5.32 Å². The van der Waals surface area contributed by atoms with Crippen LogP contribution in [0.3, 0.4) is 0 Å². The van der Waals surface area contributed by atoms with E-state index in [1.54, 1.807) is 35.3 Å². The quantitative estimate of drug-likeness (QED) is 0.710. The van der Waals surface area contributed by atoms with Crippen molar-refractivity contribution in [2.45, 2.75) is 19.9 Å². The van der Waals surface area contributed by atoms with Crippen molar-refractivity contribution >= 4 is 23.3 Å². The van der Waals surface area contributed by atoms with Crippen molar-refractivity contribution in [3.63, 3.8) is 0 Å². The van der Waals surface area contributed by atoms with E-state index in [-0.39, 0.29) is 17.8 Å². The standard InChI is InChI=1S/C18H17FN4OS/c1-12(22-17(24)7-8-18-20-9-10-25-18)16-11-21-23(13(16)2)15-5-3-14(19)4-6-15/h3-12H,1-2H3,(H,22,24)/b8-7-/t12-/m1/s1. The molecule has 1 amide bonds. The number of amides is 1. The van der Waals surface area contributed by atoms with Crippen LogP contribution in [0.15, 0.2) is 48.1 Å². The minimum absolute atomic E-state index is 0.198. The highest BCUT2D eigenvalue weighted by molar-refractivity contribution is 7.10. The summed E-state index contributed by atoms with van der Waals surface area (Å²) >= 11 is 1.47. The molecule has 1 aromatic carbocycles. The minimum Gasteiger partial charge on any atom is -0.346 e. The van der Waals surface area contributed by atoms with Gasteiger partial charge in [-0.3, -0.25) is 4.79 Å². The zero-order valence-corrected chi connectivity index (χ0v) is 14.6. The molecule has 0 aliphatic carbocycles. The van der Waals surface area contributed by atoms with Crippen molar-refractivity contribution in [1.82, 2.24) is 20.1 Å². The Balaban J connectivity index is 1.71. The predicted molar refractivity (Wildman–Crippen MR) is 96.0 cm³/mol. The molecule has 128 valence electrons. The molecular formula is C18H17FN4OS. The van der Waals surface area contributed by atoms with Crippen LogP contribution in [0.5, 0.6) is 0 Å². The molecular weight excluding hydrogens is 339 g/mol. The molecule has 3 rings (SSSR count). The van der Waals surface area contributed by atoms with Gasteiger partial charge in [-0.1, -0.05) is 0 Å². The Labute approximate surface area is 148 Å². The number of carbonyl (C=O) groups excluding carboxylic acids is 1. The maximum Gasteiger partial charge on any atom is 0.244 e. The number of carbonyl (C=O) groups is 1. The third-order valence-corrected chi connectivity index (χ3v) is 4.51. The van der Waals surface area contributed by atoms with Gasteiger partial charge in [0.25, 0.3) is 0 Å². The summed E-state index contributed by atoms with van der Waals surface area (Å²) in [7, 11) is 0. The van der Waals surface area contributed by atoms with E-state index in [1.165, 1.54) is 29.5 Å². The molecule has 0 spiro atoms. The molecule has 2 heterocycles. The van der Waals surface area contributed by atoms with Crippen molar-refractivity contribution in [3.8, 4) is 5.69 Å². The maximum atomic E-state index is 13.1. The number of aromatic nitrogens is 3. The fourth-order valence-corrected chi connectivity index (χ4v) is 3.02. The van der Waals surface area contributed by atoms with E-state index in [4.69, 9.17) is 0 Å². The monoisotopic (exact) mass is 356 g/mol. The summed E-state index contributed by atoms with van der Waals surface area (Å²) in [4.78, 5) is 16.2. The maximum absolute atomic E-state index is 13.1. The number of hydrogen-bond acceptors (Lipinski definition) is 4. The number of benzene rings is 1. The molecule has 0 bridgehead atoms. The molecule has 25 heavy (non-hydrogen) atoms. The van der Waals surface area contributed by atoms with Gasteiger partial charge >= 0.3 is 0 Å². The Morgan fingerprint density at radius 2 is 2.12 bits per heavy atom. The summed E-state index contributed by atoms with van der Waals surface area (Å²) in [5.41, 5.74) is 2.57. The first-order valence-corrected chi connectivity index (χ1v) is 8.61. The van der Waals surface area contributed by atoms with Gasteiger partial charge in [0.2, 0.25) is 5.91 Å². The third-order valence-electron chi connectivity index (χ3n) is 3.77. The van der Waals surface area contributed by atoms with E-state index in [2.05, 4.69) is 15.4 Å². The number of halogens is 1. The van der Waals surface area contributed by atoms with Gasteiger partial charge in [-0.25, -0.2) is 14.1 Å². The van der Waals surface area contributed by atoms with Crippen LogP contribution in [-0.2, 0) is 4.79 Å². The largest absolute Gasteiger partial charge is 0.346 e. The van der Waals surface area contributed by atoms with Crippen LogP contribution in [0, 0.1) is 12.7 Å². The Hall–Kier alpha value is -2.80. The van der Waals surface area contributed by atoms with Gasteiger partial charge in [-0.2, -0.15) is 5.10 Å². The Kier molecular flexibility index (Phi) is 5.04. The first kappa shape index (κ1) is 17.0. The first-order chi connectivity index (χ1) is 12.0. The average molecular weight is 356 g/mol. The van der Waals surface area contributed by atoms with Crippen molar-refractivity contribution in [1.29, 1.82) is 0 Å². The Morgan fingerprint density at radius 1 is 1.36 bits per heavy atom. The van der Waals surface area contributed by atoms with Crippen molar-refractivity contribution in [2.75, 3.05) is 0 Å². The molecule has 1 N–H and O–H groups in total. The molecule has 0 fully saturated rings. The van der Waals surface area contributed by atoms with E-state index in [0.717, 1.165) is 22.0 Å². The number of hydrogen-bond donors (Lipinski definition) is 1. The van der Waals surface area contributed by atoms with Crippen LogP contribution in [0.4, 0.5) is 4.39 Å². The van der Waals surface area contributed by atoms with Crippen molar-refractivity contribution < 1.29 is 9.18 Å². The summed E-state index contributed by atoms with van der Waals surface area (Å²) in [6.07, 6.45) is 6.56. The van der Waals surface area contributed by atoms with E-state index in [0.29, 0.717) is 0 Å². The lowest BCUT2D eigenvalue weighted by Gasteiger charge is -2.13. The van der Waals surface area contributed by atoms with Gasteiger partial charge in [-0.05, 0) is 44.2 Å². The second-order valence-electron chi connectivity index (χ2n) is 5.51. The van der Waals surface area contributed by atoms with Crippen molar-refractivity contribution in [3.05, 3.63) is 70.2 Å². The van der Waals surface area contributed by atoms with Crippen LogP contribution in [0.1, 0.15) is 29.2 Å². The van der Waals surface area contributed by atoms with Gasteiger partial charge in [0.15, 0.2) is 0 Å². The molecule has 0 unspecified atom stereocenters. The number of nitrogens with one attached hydrogen (secondary N) is 1. The third kappa shape index (κ3) is 4.00. The summed E-state index contributed by atoms with van der Waals surface area (Å²) in [5.74, 6) is -0.488. The second-order valence-corrected chi connectivity index (χ2v) is 6.43. The van der Waals surface area contributed by atoms with E-state index in [1.807, 2.05) is 19.2 Å². The van der Waals surface area contributed by atoms with Crippen LogP contribution < -0.4 is 5.32 Å². The number of rotatable bonds is 5. The molecule has 0 aliphatic rings. The molecule has 0 saturated heterocycles. The highest BCUT2D eigenvalue weighted by Crippen LogP contribution is 2.20. The summed E-state index contributed by atoms with van der Waals surface area (Å²) < 4.78 is 14.8.